The first-order chi connectivity index (χ1) is 13.0. The number of hydrogen-bond acceptors (Lipinski definition) is 3. The second-order valence-electron chi connectivity index (χ2n) is 5.82. The van der Waals surface area contributed by atoms with Gasteiger partial charge in [-0.3, -0.25) is 4.79 Å². The zero-order valence-corrected chi connectivity index (χ0v) is 15.8. The van der Waals surface area contributed by atoms with Crippen molar-refractivity contribution in [1.82, 2.24) is 0 Å². The molecule has 0 aliphatic rings. The number of halogens is 2. The average molecular weight is 397 g/mol. The Morgan fingerprint density at radius 3 is 2.52 bits per heavy atom. The van der Waals surface area contributed by atoms with Gasteiger partial charge in [0.15, 0.2) is 0 Å². The minimum absolute atomic E-state index is 0.0707. The van der Waals surface area contributed by atoms with Crippen LogP contribution in [-0.4, -0.2) is 5.91 Å². The number of nitriles is 1. The van der Waals surface area contributed by atoms with Gasteiger partial charge < -0.3 is 9.73 Å². The molecule has 0 saturated heterocycles. The Bertz CT molecular complexity index is 1060. The van der Waals surface area contributed by atoms with Crippen LogP contribution in [0.2, 0.25) is 10.0 Å². The lowest BCUT2D eigenvalue weighted by atomic mass is 10.2. The van der Waals surface area contributed by atoms with Crippen molar-refractivity contribution >= 4 is 40.9 Å². The van der Waals surface area contributed by atoms with E-state index in [0.29, 0.717) is 32.8 Å². The molecule has 0 aliphatic heterocycles. The van der Waals surface area contributed by atoms with E-state index in [1.165, 1.54) is 6.08 Å². The zero-order chi connectivity index (χ0) is 19.4. The van der Waals surface area contributed by atoms with Crippen LogP contribution in [0.4, 0.5) is 5.69 Å². The third-order valence-electron chi connectivity index (χ3n) is 3.78. The molecule has 1 amide bonds. The molecule has 0 fully saturated rings. The zero-order valence-electron chi connectivity index (χ0n) is 14.3. The number of rotatable bonds is 4. The first-order valence-corrected chi connectivity index (χ1v) is 8.77. The highest BCUT2D eigenvalue weighted by Gasteiger charge is 2.13. The molecule has 0 spiro atoms. The second-order valence-corrected chi connectivity index (χ2v) is 6.66. The van der Waals surface area contributed by atoms with E-state index < -0.39 is 5.91 Å². The molecule has 1 aromatic heterocycles. The molecule has 0 unspecified atom stereocenters. The maximum absolute atomic E-state index is 12.3. The Kier molecular flexibility index (Phi) is 5.66. The van der Waals surface area contributed by atoms with Crippen LogP contribution in [0.3, 0.4) is 0 Å². The van der Waals surface area contributed by atoms with Crippen LogP contribution in [0.1, 0.15) is 11.3 Å². The summed E-state index contributed by atoms with van der Waals surface area (Å²) in [7, 11) is 0. The van der Waals surface area contributed by atoms with Crippen molar-refractivity contribution in [3.8, 4) is 17.4 Å². The number of benzene rings is 2. The fraction of sp³-hybridized carbons (Fsp3) is 0.0476. The quantitative estimate of drug-likeness (QED) is 0.427. The Labute approximate surface area is 166 Å². The number of anilines is 1. The average Bonchev–Trinajstić information content (AvgIpc) is 3.09. The largest absolute Gasteiger partial charge is 0.457 e. The van der Waals surface area contributed by atoms with Crippen molar-refractivity contribution in [3.05, 3.63) is 81.5 Å². The predicted octanol–water partition coefficient (Wildman–Crippen LogP) is 6.11. The lowest BCUT2D eigenvalue weighted by Crippen LogP contribution is -2.13. The maximum atomic E-state index is 12.3. The van der Waals surface area contributed by atoms with Crippen LogP contribution in [0.5, 0.6) is 0 Å². The number of nitrogens with one attached hydrogen (secondary N) is 1. The lowest BCUT2D eigenvalue weighted by Gasteiger charge is -2.04. The van der Waals surface area contributed by atoms with Gasteiger partial charge in [0.2, 0.25) is 0 Å². The van der Waals surface area contributed by atoms with Gasteiger partial charge in [-0.1, -0.05) is 40.9 Å². The van der Waals surface area contributed by atoms with E-state index in [1.807, 2.05) is 25.1 Å². The molecular weight excluding hydrogens is 383 g/mol. The Morgan fingerprint density at radius 1 is 1.11 bits per heavy atom. The molecular formula is C21H14Cl2N2O2. The topological polar surface area (TPSA) is 66.0 Å². The number of aryl methyl sites for hydroxylation is 1. The van der Waals surface area contributed by atoms with Gasteiger partial charge in [0.1, 0.15) is 23.2 Å². The van der Waals surface area contributed by atoms with Crippen LogP contribution in [0.15, 0.2) is 64.6 Å². The molecule has 3 rings (SSSR count). The summed E-state index contributed by atoms with van der Waals surface area (Å²) in [6.07, 6.45) is 1.39. The molecule has 6 heteroatoms. The first-order valence-electron chi connectivity index (χ1n) is 8.01. The first kappa shape index (κ1) is 18.8. The van der Waals surface area contributed by atoms with Gasteiger partial charge in [-0.15, -0.1) is 0 Å². The highest BCUT2D eigenvalue weighted by Crippen LogP contribution is 2.32. The Morgan fingerprint density at radius 2 is 1.85 bits per heavy atom. The molecule has 1 heterocycles. The SMILES string of the molecule is Cc1ccc(NC(=O)C(C#N)=Cc2ccc(-c3ccc(Cl)cc3Cl)o2)cc1. The van der Waals surface area contributed by atoms with E-state index in [9.17, 15) is 10.1 Å². The summed E-state index contributed by atoms with van der Waals surface area (Å²) in [6, 6.07) is 17.6. The summed E-state index contributed by atoms with van der Waals surface area (Å²) in [5.41, 5.74) is 2.29. The van der Waals surface area contributed by atoms with Gasteiger partial charge in [-0.25, -0.2) is 0 Å². The number of hydrogen-bond donors (Lipinski definition) is 1. The third-order valence-corrected chi connectivity index (χ3v) is 4.33. The van der Waals surface area contributed by atoms with Crippen molar-refractivity contribution < 1.29 is 9.21 Å². The van der Waals surface area contributed by atoms with Gasteiger partial charge in [0.05, 0.1) is 5.02 Å². The molecule has 3 aromatic rings. The van der Waals surface area contributed by atoms with Crippen molar-refractivity contribution in [2.45, 2.75) is 6.92 Å². The Hall–Kier alpha value is -3.00. The molecule has 27 heavy (non-hydrogen) atoms. The molecule has 0 saturated carbocycles. The van der Waals surface area contributed by atoms with Crippen molar-refractivity contribution in [1.29, 1.82) is 5.26 Å². The molecule has 2 aromatic carbocycles. The standard InChI is InChI=1S/C21H14Cl2N2O2/c1-13-2-5-16(6-3-13)25-21(26)14(12-24)10-17-7-9-20(27-17)18-8-4-15(22)11-19(18)23/h2-11H,1H3,(H,25,26). The minimum Gasteiger partial charge on any atom is -0.457 e. The van der Waals surface area contributed by atoms with Crippen molar-refractivity contribution in [3.63, 3.8) is 0 Å². The van der Waals surface area contributed by atoms with Crippen LogP contribution in [0.25, 0.3) is 17.4 Å². The summed E-state index contributed by atoms with van der Waals surface area (Å²) in [5.74, 6) is 0.370. The number of nitrogens with zero attached hydrogens (tertiary/aromatic N) is 1. The summed E-state index contributed by atoms with van der Waals surface area (Å²) in [5, 5.41) is 13.0. The highest BCUT2D eigenvalue weighted by molar-refractivity contribution is 6.36. The second kappa shape index (κ2) is 8.13. The maximum Gasteiger partial charge on any atom is 0.266 e. The van der Waals surface area contributed by atoms with Crippen molar-refractivity contribution in [2.75, 3.05) is 5.32 Å². The molecule has 4 nitrogen and oxygen atoms in total. The summed E-state index contributed by atoms with van der Waals surface area (Å²) in [4.78, 5) is 12.3. The summed E-state index contributed by atoms with van der Waals surface area (Å²) < 4.78 is 5.70. The van der Waals surface area contributed by atoms with E-state index >= 15 is 0 Å². The normalized spacial score (nSPS) is 11.1. The van der Waals surface area contributed by atoms with Gasteiger partial charge in [0, 0.05) is 22.3 Å². The highest BCUT2D eigenvalue weighted by atomic mass is 35.5. The van der Waals surface area contributed by atoms with Crippen LogP contribution >= 0.6 is 23.2 Å². The molecule has 0 radical (unpaired) electrons. The number of amides is 1. The number of carbonyl (C=O) groups is 1. The molecule has 0 bridgehead atoms. The van der Waals surface area contributed by atoms with Crippen LogP contribution < -0.4 is 5.32 Å². The van der Waals surface area contributed by atoms with Crippen LogP contribution in [-0.2, 0) is 4.79 Å². The number of furan rings is 1. The molecule has 1 N–H and O–H groups in total. The minimum atomic E-state index is -0.510. The van der Waals surface area contributed by atoms with E-state index in [4.69, 9.17) is 27.6 Å². The molecule has 134 valence electrons. The lowest BCUT2D eigenvalue weighted by molar-refractivity contribution is -0.112. The molecule has 0 atom stereocenters. The number of carbonyl (C=O) groups excluding carboxylic acids is 1. The van der Waals surface area contributed by atoms with Crippen LogP contribution in [0, 0.1) is 18.3 Å². The van der Waals surface area contributed by atoms with Crippen molar-refractivity contribution in [2.24, 2.45) is 0 Å². The fourth-order valence-electron chi connectivity index (χ4n) is 2.39. The van der Waals surface area contributed by atoms with E-state index in [1.54, 1.807) is 42.5 Å². The van der Waals surface area contributed by atoms with Gasteiger partial charge in [0.25, 0.3) is 5.91 Å². The van der Waals surface area contributed by atoms with Gasteiger partial charge >= 0.3 is 0 Å². The summed E-state index contributed by atoms with van der Waals surface area (Å²) in [6.45, 7) is 1.95. The summed E-state index contributed by atoms with van der Waals surface area (Å²) >= 11 is 12.1. The van der Waals surface area contributed by atoms with Gasteiger partial charge in [-0.2, -0.15) is 5.26 Å². The Balaban J connectivity index is 1.82. The third kappa shape index (κ3) is 4.59. The smallest absolute Gasteiger partial charge is 0.266 e. The monoisotopic (exact) mass is 396 g/mol. The van der Waals surface area contributed by atoms with Gasteiger partial charge in [-0.05, 0) is 49.4 Å². The van der Waals surface area contributed by atoms with E-state index in [-0.39, 0.29) is 5.57 Å². The van der Waals surface area contributed by atoms with E-state index in [2.05, 4.69) is 5.32 Å². The van der Waals surface area contributed by atoms with E-state index in [0.717, 1.165) is 5.56 Å². The molecule has 0 aliphatic carbocycles. The predicted molar refractivity (Wildman–Crippen MR) is 108 cm³/mol. The fourth-order valence-corrected chi connectivity index (χ4v) is 2.89.